The van der Waals surface area contributed by atoms with Crippen molar-refractivity contribution in [3.8, 4) is 6.07 Å². The van der Waals surface area contributed by atoms with E-state index < -0.39 is 0 Å². The summed E-state index contributed by atoms with van der Waals surface area (Å²) in [5.74, 6) is 0. The highest BCUT2D eigenvalue weighted by Crippen LogP contribution is 2.06. The van der Waals surface area contributed by atoms with E-state index in [9.17, 15) is 0 Å². The first kappa shape index (κ1) is 6.63. The summed E-state index contributed by atoms with van der Waals surface area (Å²) in [5.41, 5.74) is 2.23. The predicted octanol–water partition coefficient (Wildman–Crippen LogP) is 1.86. The van der Waals surface area contributed by atoms with Crippen molar-refractivity contribution >= 4 is 6.08 Å². The summed E-state index contributed by atoms with van der Waals surface area (Å²) in [6.07, 6.45) is 7.02. The van der Waals surface area contributed by atoms with Gasteiger partial charge in [-0.15, -0.1) is 0 Å². The Labute approximate surface area is 59.8 Å². The van der Waals surface area contributed by atoms with Crippen LogP contribution in [0.5, 0.6) is 0 Å². The Balaban J connectivity index is 2.87. The first-order chi connectivity index (χ1) is 4.84. The van der Waals surface area contributed by atoms with Gasteiger partial charge in [0.2, 0.25) is 0 Å². The van der Waals surface area contributed by atoms with Crippen molar-refractivity contribution in [2.75, 3.05) is 0 Å². The Morgan fingerprint density at radius 3 is 2.90 bits per heavy atom. The molecule has 1 aromatic heterocycles. The minimum absolute atomic E-state index is 1.07. The molecule has 0 aliphatic carbocycles. The van der Waals surface area contributed by atoms with Crippen LogP contribution in [-0.4, -0.2) is 4.98 Å². The van der Waals surface area contributed by atoms with Crippen molar-refractivity contribution in [1.82, 2.24) is 4.98 Å². The average molecular weight is 132 g/mol. The molecule has 0 aliphatic heterocycles. The lowest BCUT2D eigenvalue weighted by atomic mass is 10.2. The Hall–Kier alpha value is -1.49. The fourth-order valence-corrected chi connectivity index (χ4v) is 0.760. The molecule has 0 spiro atoms. The molecular formula is C8H8N2. The maximum Gasteiger partial charge on any atom is 0.0912 e. The molecule has 0 unspecified atom stereocenters. The number of allylic oxidation sites excluding steroid dienone is 1. The van der Waals surface area contributed by atoms with Crippen LogP contribution in [-0.2, 0) is 0 Å². The molecule has 1 aromatic rings. The second-order valence-corrected chi connectivity index (χ2v) is 2.06. The number of nitriles is 1. The van der Waals surface area contributed by atoms with Gasteiger partial charge in [0.25, 0.3) is 0 Å². The Bertz CT molecular complexity index is 276. The molecule has 2 nitrogen and oxygen atoms in total. The molecule has 0 saturated heterocycles. The molecule has 10 heavy (non-hydrogen) atoms. The zero-order valence-electron chi connectivity index (χ0n) is 5.76. The van der Waals surface area contributed by atoms with E-state index in [1.54, 1.807) is 6.08 Å². The van der Waals surface area contributed by atoms with Crippen LogP contribution in [0.1, 0.15) is 11.1 Å². The van der Waals surface area contributed by atoms with Gasteiger partial charge in [0.05, 0.1) is 6.07 Å². The molecule has 0 amide bonds. The highest BCUT2D eigenvalue weighted by atomic mass is 14.6. The van der Waals surface area contributed by atoms with Crippen molar-refractivity contribution in [2.45, 2.75) is 6.92 Å². The number of hydrogen-bond donors (Lipinski definition) is 1. The van der Waals surface area contributed by atoms with E-state index in [1.165, 1.54) is 6.08 Å². The molecule has 0 atom stereocenters. The smallest absolute Gasteiger partial charge is 0.0912 e. The van der Waals surface area contributed by atoms with E-state index in [4.69, 9.17) is 5.26 Å². The largest absolute Gasteiger partial charge is 0.367 e. The minimum atomic E-state index is 1.07. The van der Waals surface area contributed by atoms with Crippen LogP contribution in [0.4, 0.5) is 0 Å². The van der Waals surface area contributed by atoms with Gasteiger partial charge in [-0.05, 0) is 24.1 Å². The van der Waals surface area contributed by atoms with Gasteiger partial charge in [0, 0.05) is 18.5 Å². The lowest BCUT2D eigenvalue weighted by Crippen LogP contribution is -1.67. The summed E-state index contributed by atoms with van der Waals surface area (Å²) in [5, 5.41) is 8.21. The number of aromatic amines is 1. The van der Waals surface area contributed by atoms with E-state index in [0.717, 1.165) is 11.1 Å². The standard InChI is InChI=1S/C8H8N2/c1-7-5-10-6-8(7)3-2-4-9/h2-3,5-6,10H,1H3/b3-2+. The number of aryl methyl sites for hydroxylation is 1. The second-order valence-electron chi connectivity index (χ2n) is 2.06. The molecule has 0 fully saturated rings. The molecule has 2 heteroatoms. The van der Waals surface area contributed by atoms with Gasteiger partial charge in [-0.2, -0.15) is 5.26 Å². The van der Waals surface area contributed by atoms with Crippen molar-refractivity contribution in [2.24, 2.45) is 0 Å². The van der Waals surface area contributed by atoms with Gasteiger partial charge in [0.1, 0.15) is 0 Å². The molecule has 0 saturated carbocycles. The van der Waals surface area contributed by atoms with Crippen molar-refractivity contribution in [3.05, 3.63) is 29.6 Å². The number of nitrogens with zero attached hydrogens (tertiary/aromatic N) is 1. The van der Waals surface area contributed by atoms with Crippen LogP contribution in [0.25, 0.3) is 6.08 Å². The quantitative estimate of drug-likeness (QED) is 0.582. The van der Waals surface area contributed by atoms with Crippen molar-refractivity contribution < 1.29 is 0 Å². The Morgan fingerprint density at radius 1 is 1.60 bits per heavy atom. The third kappa shape index (κ3) is 1.26. The van der Waals surface area contributed by atoms with E-state index in [1.807, 2.05) is 25.4 Å². The van der Waals surface area contributed by atoms with E-state index in [0.29, 0.717) is 0 Å². The van der Waals surface area contributed by atoms with Crippen molar-refractivity contribution in [3.63, 3.8) is 0 Å². The van der Waals surface area contributed by atoms with Crippen LogP contribution in [0, 0.1) is 18.3 Å². The van der Waals surface area contributed by atoms with Gasteiger partial charge < -0.3 is 4.98 Å². The highest BCUT2D eigenvalue weighted by Gasteiger charge is 1.90. The maximum absolute atomic E-state index is 8.21. The van der Waals surface area contributed by atoms with Gasteiger partial charge in [0.15, 0.2) is 0 Å². The Morgan fingerprint density at radius 2 is 2.40 bits per heavy atom. The normalized spacial score (nSPS) is 10.0. The molecule has 0 aliphatic rings. The monoisotopic (exact) mass is 132 g/mol. The molecule has 1 heterocycles. The summed E-state index contributed by atoms with van der Waals surface area (Å²) >= 11 is 0. The lowest BCUT2D eigenvalue weighted by Gasteiger charge is -1.83. The summed E-state index contributed by atoms with van der Waals surface area (Å²) in [6, 6.07) is 1.94. The first-order valence-corrected chi connectivity index (χ1v) is 3.04. The molecule has 0 bridgehead atoms. The summed E-state index contributed by atoms with van der Waals surface area (Å²) in [7, 11) is 0. The topological polar surface area (TPSA) is 39.6 Å². The van der Waals surface area contributed by atoms with E-state index >= 15 is 0 Å². The summed E-state index contributed by atoms with van der Waals surface area (Å²) < 4.78 is 0. The predicted molar refractivity (Wildman–Crippen MR) is 40.2 cm³/mol. The van der Waals surface area contributed by atoms with Crippen molar-refractivity contribution in [1.29, 1.82) is 5.26 Å². The van der Waals surface area contributed by atoms with E-state index in [-0.39, 0.29) is 0 Å². The third-order valence-corrected chi connectivity index (χ3v) is 1.33. The summed E-state index contributed by atoms with van der Waals surface area (Å²) in [4.78, 5) is 2.95. The minimum Gasteiger partial charge on any atom is -0.367 e. The zero-order valence-corrected chi connectivity index (χ0v) is 5.76. The molecule has 50 valence electrons. The van der Waals surface area contributed by atoms with E-state index in [2.05, 4.69) is 4.98 Å². The Kier molecular flexibility index (Phi) is 1.91. The molecule has 1 N–H and O–H groups in total. The first-order valence-electron chi connectivity index (χ1n) is 3.04. The summed E-state index contributed by atoms with van der Waals surface area (Å²) in [6.45, 7) is 1.99. The van der Waals surface area contributed by atoms with Gasteiger partial charge in [-0.25, -0.2) is 0 Å². The second kappa shape index (κ2) is 2.88. The van der Waals surface area contributed by atoms with Crippen LogP contribution in [0.2, 0.25) is 0 Å². The lowest BCUT2D eigenvalue weighted by molar-refractivity contribution is 1.39. The molecule has 0 aromatic carbocycles. The van der Waals surface area contributed by atoms with Crippen LogP contribution < -0.4 is 0 Å². The fourth-order valence-electron chi connectivity index (χ4n) is 0.760. The number of aromatic nitrogens is 1. The number of rotatable bonds is 1. The number of H-pyrrole nitrogens is 1. The maximum atomic E-state index is 8.21. The van der Waals surface area contributed by atoms with Crippen LogP contribution in [0.3, 0.4) is 0 Å². The SMILES string of the molecule is Cc1c[nH]cc1/C=C/C#N. The number of nitrogens with one attached hydrogen (secondary N) is 1. The number of hydrogen-bond acceptors (Lipinski definition) is 1. The molecule has 1 rings (SSSR count). The molecular weight excluding hydrogens is 124 g/mol. The van der Waals surface area contributed by atoms with Gasteiger partial charge in [-0.1, -0.05) is 0 Å². The average Bonchev–Trinajstić information content (AvgIpc) is 2.31. The molecule has 0 radical (unpaired) electrons. The van der Waals surface area contributed by atoms with Gasteiger partial charge in [-0.3, -0.25) is 0 Å². The third-order valence-electron chi connectivity index (χ3n) is 1.33. The fraction of sp³-hybridized carbons (Fsp3) is 0.125. The highest BCUT2D eigenvalue weighted by molar-refractivity contribution is 5.54. The zero-order chi connectivity index (χ0) is 7.40. The van der Waals surface area contributed by atoms with Crippen LogP contribution >= 0.6 is 0 Å². The van der Waals surface area contributed by atoms with Gasteiger partial charge >= 0.3 is 0 Å². The van der Waals surface area contributed by atoms with Crippen LogP contribution in [0.15, 0.2) is 18.5 Å².